The number of thiocarbonyl (C=S) groups is 1. The maximum Gasteiger partial charge on any atom is 0.170 e. The van der Waals surface area contributed by atoms with Gasteiger partial charge in [-0.1, -0.05) is 28.1 Å². The van der Waals surface area contributed by atoms with Crippen LogP contribution in [0.4, 0.5) is 0 Å². The molecule has 1 saturated heterocycles. The summed E-state index contributed by atoms with van der Waals surface area (Å²) in [4.78, 5) is 6.45. The number of pyridine rings is 1. The lowest BCUT2D eigenvalue weighted by Gasteiger charge is -2.25. The van der Waals surface area contributed by atoms with Gasteiger partial charge in [0.05, 0.1) is 18.3 Å². The molecule has 0 radical (unpaired) electrons. The van der Waals surface area contributed by atoms with Gasteiger partial charge in [-0.15, -0.1) is 0 Å². The number of aliphatic hydroxyl groups excluding tert-OH is 1. The van der Waals surface area contributed by atoms with Crippen LogP contribution >= 0.6 is 28.1 Å². The third-order valence-electron chi connectivity index (χ3n) is 4.85. The van der Waals surface area contributed by atoms with Gasteiger partial charge in [0.2, 0.25) is 0 Å². The Morgan fingerprint density at radius 3 is 2.82 bits per heavy atom. The van der Waals surface area contributed by atoms with Crippen LogP contribution in [-0.4, -0.2) is 33.3 Å². The van der Waals surface area contributed by atoms with Crippen LogP contribution in [0, 0.1) is 6.92 Å². The quantitative estimate of drug-likeness (QED) is 0.554. The molecule has 3 heterocycles. The van der Waals surface area contributed by atoms with Gasteiger partial charge in [0.1, 0.15) is 17.6 Å². The smallest absolute Gasteiger partial charge is 0.170 e. The second-order valence-electron chi connectivity index (χ2n) is 6.73. The molecule has 4 rings (SSSR count). The number of aromatic nitrogens is 1. The first-order chi connectivity index (χ1) is 13.6. The molecule has 2 atom stereocenters. The van der Waals surface area contributed by atoms with Crippen LogP contribution in [0.15, 0.2) is 63.6 Å². The third-order valence-corrected chi connectivity index (χ3v) is 5.86. The number of furan rings is 1. The second kappa shape index (κ2) is 8.03. The molecule has 0 spiro atoms. The summed E-state index contributed by atoms with van der Waals surface area (Å²) in [5, 5.41) is 13.5. The minimum Gasteiger partial charge on any atom is -0.459 e. The first-order valence-corrected chi connectivity index (χ1v) is 10.2. The van der Waals surface area contributed by atoms with Gasteiger partial charge in [-0.25, -0.2) is 0 Å². The first kappa shape index (κ1) is 19.1. The lowest BCUT2D eigenvalue weighted by Crippen LogP contribution is -2.32. The average molecular weight is 458 g/mol. The predicted octanol–water partition coefficient (Wildman–Crippen LogP) is 4.38. The number of nitrogens with zero attached hydrogens (tertiary/aromatic N) is 2. The summed E-state index contributed by atoms with van der Waals surface area (Å²) in [7, 11) is 0. The first-order valence-electron chi connectivity index (χ1n) is 9.03. The summed E-state index contributed by atoms with van der Waals surface area (Å²) in [5.41, 5.74) is 3.05. The van der Waals surface area contributed by atoms with Crippen molar-refractivity contribution >= 4 is 33.3 Å². The molecule has 1 aliphatic rings. The number of benzene rings is 1. The molecule has 0 bridgehead atoms. The largest absolute Gasteiger partial charge is 0.459 e. The van der Waals surface area contributed by atoms with E-state index < -0.39 is 0 Å². The molecule has 3 aromatic rings. The van der Waals surface area contributed by atoms with Crippen LogP contribution in [0.5, 0.6) is 0 Å². The molecule has 1 aliphatic heterocycles. The summed E-state index contributed by atoms with van der Waals surface area (Å²) in [5.74, 6) is 1.56. The molecule has 0 aliphatic carbocycles. The van der Waals surface area contributed by atoms with Crippen molar-refractivity contribution in [3.05, 3.63) is 76.2 Å². The monoisotopic (exact) mass is 457 g/mol. The van der Waals surface area contributed by atoms with E-state index in [-0.39, 0.29) is 18.7 Å². The summed E-state index contributed by atoms with van der Waals surface area (Å²) in [6.07, 6.45) is 1.77. The Kier molecular flexibility index (Phi) is 5.48. The molecule has 144 valence electrons. The van der Waals surface area contributed by atoms with Gasteiger partial charge in [-0.05, 0) is 61.1 Å². The summed E-state index contributed by atoms with van der Waals surface area (Å²) < 4.78 is 7.26. The highest BCUT2D eigenvalue weighted by Gasteiger charge is 2.41. The van der Waals surface area contributed by atoms with Crippen LogP contribution in [0.3, 0.4) is 0 Å². The normalized spacial score (nSPS) is 19.1. The zero-order chi connectivity index (χ0) is 19.7. The van der Waals surface area contributed by atoms with Crippen molar-refractivity contribution < 1.29 is 9.52 Å². The van der Waals surface area contributed by atoms with Crippen LogP contribution < -0.4 is 5.32 Å². The van der Waals surface area contributed by atoms with E-state index in [0.29, 0.717) is 11.7 Å². The zero-order valence-electron chi connectivity index (χ0n) is 15.3. The van der Waals surface area contributed by atoms with Crippen molar-refractivity contribution in [2.75, 3.05) is 13.2 Å². The molecule has 1 aromatic carbocycles. The van der Waals surface area contributed by atoms with Gasteiger partial charge < -0.3 is 19.7 Å². The maximum absolute atomic E-state index is 9.53. The number of hydrogen-bond donors (Lipinski definition) is 2. The van der Waals surface area contributed by atoms with E-state index in [9.17, 15) is 5.11 Å². The van der Waals surface area contributed by atoms with Gasteiger partial charge in [0, 0.05) is 22.8 Å². The van der Waals surface area contributed by atoms with Crippen molar-refractivity contribution in [1.29, 1.82) is 0 Å². The van der Waals surface area contributed by atoms with Crippen molar-refractivity contribution in [3.63, 3.8) is 0 Å². The van der Waals surface area contributed by atoms with E-state index in [4.69, 9.17) is 16.6 Å². The molecule has 0 amide bonds. The Bertz CT molecular complexity index is 992. The average Bonchev–Trinajstić information content (AvgIpc) is 3.28. The zero-order valence-corrected chi connectivity index (χ0v) is 17.7. The SMILES string of the molecule is Cc1ccc(-c2ccc([C@H]3[C@@H](c4ccccn4)NC(=S)N3CCO)o2)c(Br)c1. The van der Waals surface area contributed by atoms with Crippen LogP contribution in [0.1, 0.15) is 29.1 Å². The molecular formula is C21H20BrN3O2S. The van der Waals surface area contributed by atoms with Crippen molar-refractivity contribution in [2.24, 2.45) is 0 Å². The fourth-order valence-corrected chi connectivity index (χ4v) is 4.56. The molecule has 0 unspecified atom stereocenters. The summed E-state index contributed by atoms with van der Waals surface area (Å²) >= 11 is 9.15. The topological polar surface area (TPSA) is 61.5 Å². The Balaban J connectivity index is 1.73. The van der Waals surface area contributed by atoms with Gasteiger partial charge in [-0.3, -0.25) is 4.98 Å². The van der Waals surface area contributed by atoms with Gasteiger partial charge in [0.25, 0.3) is 0 Å². The fraction of sp³-hybridized carbons (Fsp3) is 0.238. The van der Waals surface area contributed by atoms with E-state index in [2.05, 4.69) is 45.3 Å². The Hall–Kier alpha value is -2.22. The van der Waals surface area contributed by atoms with E-state index >= 15 is 0 Å². The number of β-amino-alcohol motifs (C(OH)–C–C–N with tert-alkyl or cyclic N) is 1. The van der Waals surface area contributed by atoms with Crippen LogP contribution in [-0.2, 0) is 0 Å². The van der Waals surface area contributed by atoms with E-state index in [0.717, 1.165) is 27.3 Å². The number of aliphatic hydroxyl groups is 1. The molecule has 1 fully saturated rings. The number of halogens is 1. The Labute approximate surface area is 177 Å². The number of aryl methyl sites for hydroxylation is 1. The van der Waals surface area contributed by atoms with Crippen molar-refractivity contribution in [2.45, 2.75) is 19.0 Å². The number of hydrogen-bond acceptors (Lipinski definition) is 4. The molecule has 2 aromatic heterocycles. The minimum atomic E-state index is -0.187. The highest BCUT2D eigenvalue weighted by atomic mass is 79.9. The van der Waals surface area contributed by atoms with Gasteiger partial charge in [-0.2, -0.15) is 0 Å². The Morgan fingerprint density at radius 1 is 1.25 bits per heavy atom. The molecule has 5 nitrogen and oxygen atoms in total. The molecule has 2 N–H and O–H groups in total. The molecule has 28 heavy (non-hydrogen) atoms. The standard InChI is InChI=1S/C21H20BrN3O2S/c1-13-5-6-14(15(22)12-13)17-7-8-18(27-17)20-19(16-4-2-3-9-23-16)24-21(28)25(20)10-11-26/h2-9,12,19-20,26H,10-11H2,1H3,(H,24,28)/t19-,20+/m1/s1. The molecular weight excluding hydrogens is 438 g/mol. The molecule has 0 saturated carbocycles. The van der Waals surface area contributed by atoms with E-state index in [1.807, 2.05) is 41.3 Å². The van der Waals surface area contributed by atoms with E-state index in [1.165, 1.54) is 5.56 Å². The van der Waals surface area contributed by atoms with Gasteiger partial charge >= 0.3 is 0 Å². The Morgan fingerprint density at radius 2 is 2.11 bits per heavy atom. The summed E-state index contributed by atoms with van der Waals surface area (Å²) in [6, 6.07) is 15.6. The van der Waals surface area contributed by atoms with E-state index in [1.54, 1.807) is 6.20 Å². The highest BCUT2D eigenvalue weighted by Crippen LogP contribution is 2.41. The number of nitrogens with one attached hydrogen (secondary N) is 1. The maximum atomic E-state index is 9.53. The lowest BCUT2D eigenvalue weighted by molar-refractivity contribution is 0.209. The van der Waals surface area contributed by atoms with Crippen LogP contribution in [0.2, 0.25) is 0 Å². The fourth-order valence-electron chi connectivity index (χ4n) is 3.54. The second-order valence-corrected chi connectivity index (χ2v) is 7.97. The molecule has 7 heteroatoms. The van der Waals surface area contributed by atoms with Crippen LogP contribution in [0.25, 0.3) is 11.3 Å². The minimum absolute atomic E-state index is 0.00430. The summed E-state index contributed by atoms with van der Waals surface area (Å²) in [6.45, 7) is 2.48. The van der Waals surface area contributed by atoms with Gasteiger partial charge in [0.15, 0.2) is 5.11 Å². The third kappa shape index (κ3) is 3.57. The van der Waals surface area contributed by atoms with Crippen molar-refractivity contribution in [1.82, 2.24) is 15.2 Å². The van der Waals surface area contributed by atoms with Crippen molar-refractivity contribution in [3.8, 4) is 11.3 Å². The number of rotatable bonds is 5. The highest BCUT2D eigenvalue weighted by molar-refractivity contribution is 9.10. The lowest BCUT2D eigenvalue weighted by atomic mass is 10.0. The predicted molar refractivity (Wildman–Crippen MR) is 116 cm³/mol.